The molecule has 0 amide bonds. The van der Waals surface area contributed by atoms with Gasteiger partial charge in [0.1, 0.15) is 0 Å². The van der Waals surface area contributed by atoms with Crippen LogP contribution in [0.25, 0.3) is 0 Å². The fourth-order valence-corrected chi connectivity index (χ4v) is 0. The maximum absolute atomic E-state index is 8.74. The fourth-order valence-electron chi connectivity index (χ4n) is 0. The molecule has 0 heterocycles. The van der Waals surface area contributed by atoms with Gasteiger partial charge in [0, 0.05) is 19.5 Å². The van der Waals surface area contributed by atoms with Gasteiger partial charge in [-0.1, -0.05) is 0 Å². The summed E-state index contributed by atoms with van der Waals surface area (Å²) in [6.45, 7) is 0. The zero-order valence-corrected chi connectivity index (χ0v) is 7.18. The van der Waals surface area contributed by atoms with Gasteiger partial charge in [0.05, 0.1) is 0 Å². The van der Waals surface area contributed by atoms with Gasteiger partial charge in [-0.2, -0.15) is 0 Å². The van der Waals surface area contributed by atoms with E-state index in [2.05, 4.69) is 0 Å². The van der Waals surface area contributed by atoms with Gasteiger partial charge in [-0.25, -0.2) is 0 Å². The van der Waals surface area contributed by atoms with Crippen molar-refractivity contribution in [1.82, 2.24) is 0 Å². The summed E-state index contributed by atoms with van der Waals surface area (Å²) in [4.78, 5) is 14.3. The molecule has 2 N–H and O–H groups in total. The third-order valence-corrected chi connectivity index (χ3v) is 0. The standard InChI is InChI=1S/Be.H2O3Si.Zn.2H/c;1-4(2)3;;;/h;1-2H;;;/q+2;;;2*-1. The minimum atomic E-state index is -3.13. The number of hydrogen-bond donors (Lipinski definition) is 2. The molecular formula is H4BeO3SiZn. The maximum atomic E-state index is 8.74. The number of rotatable bonds is 0. The molecule has 0 saturated carbocycles. The van der Waals surface area contributed by atoms with E-state index >= 15 is 0 Å². The van der Waals surface area contributed by atoms with Crippen LogP contribution < -0.4 is 0 Å². The molecule has 0 rings (SSSR count). The third kappa shape index (κ3) is 306. The first kappa shape index (κ1) is 16.1. The van der Waals surface area contributed by atoms with Crippen LogP contribution in [0.2, 0.25) is 0 Å². The van der Waals surface area contributed by atoms with Crippen molar-refractivity contribution in [2.75, 3.05) is 0 Å². The average molecular weight is 155 g/mol. The predicted molar refractivity (Wildman–Crippen MR) is 18.9 cm³/mol. The molecular weight excluding hydrogens is 150 g/mol. The molecule has 6 heteroatoms. The van der Waals surface area contributed by atoms with Crippen LogP contribution in [0.5, 0.6) is 0 Å². The molecule has 30 valence electrons. The van der Waals surface area contributed by atoms with Gasteiger partial charge in [0.15, 0.2) is 0 Å². The van der Waals surface area contributed by atoms with Crippen LogP contribution in [0.1, 0.15) is 2.85 Å². The van der Waals surface area contributed by atoms with E-state index < -0.39 is 9.17 Å². The quantitative estimate of drug-likeness (QED) is 0.406. The van der Waals surface area contributed by atoms with Gasteiger partial charge >= 0.3 is 19.3 Å². The molecule has 0 radical (unpaired) electrons. The zero-order chi connectivity index (χ0) is 3.58. The molecule has 0 aromatic carbocycles. The van der Waals surface area contributed by atoms with Gasteiger partial charge in [-0.15, -0.1) is 0 Å². The first-order valence-corrected chi connectivity index (χ1v) is 1.95. The van der Waals surface area contributed by atoms with Gasteiger partial charge in [0.25, 0.3) is 0 Å². The molecule has 0 aromatic rings. The van der Waals surface area contributed by atoms with Crippen molar-refractivity contribution in [3.8, 4) is 0 Å². The van der Waals surface area contributed by atoms with Crippen molar-refractivity contribution >= 4 is 19.3 Å². The van der Waals surface area contributed by atoms with E-state index in [0.717, 1.165) is 0 Å². The third-order valence-electron chi connectivity index (χ3n) is 0. The largest absolute Gasteiger partial charge is 2.00 e. The first-order chi connectivity index (χ1) is 1.73. The molecule has 0 aromatic heterocycles. The van der Waals surface area contributed by atoms with Gasteiger partial charge < -0.3 is 12.4 Å². The minimum Gasteiger partial charge on any atom is -1.00 e. The van der Waals surface area contributed by atoms with Crippen LogP contribution in [0.3, 0.4) is 0 Å². The second kappa shape index (κ2) is 9.05. The summed E-state index contributed by atoms with van der Waals surface area (Å²) in [5, 5.41) is 0. The van der Waals surface area contributed by atoms with E-state index in [0.29, 0.717) is 0 Å². The average Bonchev–Trinajstić information content (AvgIpc) is 0.811. The van der Waals surface area contributed by atoms with Gasteiger partial charge in [-0.05, 0) is 0 Å². The van der Waals surface area contributed by atoms with Crippen LogP contribution in [0.15, 0.2) is 0 Å². The van der Waals surface area contributed by atoms with Crippen molar-refractivity contribution in [2.24, 2.45) is 0 Å². The van der Waals surface area contributed by atoms with Crippen LogP contribution in [-0.2, 0) is 23.9 Å². The van der Waals surface area contributed by atoms with Crippen LogP contribution in [-0.4, -0.2) is 28.9 Å². The van der Waals surface area contributed by atoms with Crippen LogP contribution >= 0.6 is 0 Å². The monoisotopic (exact) mass is 153 g/mol. The van der Waals surface area contributed by atoms with Crippen LogP contribution in [0, 0.1) is 0 Å². The SMILES string of the molecule is O=[Si](O)O.[Be+2].[H-].[H-].[Zn]. The van der Waals surface area contributed by atoms with Crippen molar-refractivity contribution in [3.63, 3.8) is 0 Å². The van der Waals surface area contributed by atoms with E-state index in [4.69, 9.17) is 14.1 Å². The van der Waals surface area contributed by atoms with Crippen molar-refractivity contribution in [2.45, 2.75) is 0 Å². The van der Waals surface area contributed by atoms with Gasteiger partial charge in [-0.3, -0.25) is 4.46 Å². The van der Waals surface area contributed by atoms with Crippen molar-refractivity contribution in [3.05, 3.63) is 0 Å². The molecule has 6 heavy (non-hydrogen) atoms. The topological polar surface area (TPSA) is 57.5 Å². The first-order valence-electron chi connectivity index (χ1n) is 0.651. The molecule has 0 aliphatic carbocycles. The maximum Gasteiger partial charge on any atom is 2.00 e. The summed E-state index contributed by atoms with van der Waals surface area (Å²) in [6, 6.07) is 0. The molecule has 0 spiro atoms. The van der Waals surface area contributed by atoms with Crippen LogP contribution in [0.4, 0.5) is 0 Å². The van der Waals surface area contributed by atoms with E-state index in [-0.39, 0.29) is 32.5 Å². The Morgan fingerprint density at radius 2 is 1.50 bits per heavy atom. The van der Waals surface area contributed by atoms with Crippen molar-refractivity contribution < 1.29 is 36.4 Å². The second-order valence-corrected chi connectivity index (χ2v) is 0.848. The molecule has 0 bridgehead atoms. The Hall–Kier alpha value is 0.409. The molecule has 0 atom stereocenters. The Kier molecular flexibility index (Phi) is 24.3. The summed E-state index contributed by atoms with van der Waals surface area (Å²) in [6.07, 6.45) is 0. The Labute approximate surface area is 56.2 Å². The van der Waals surface area contributed by atoms with E-state index in [1.165, 1.54) is 0 Å². The Morgan fingerprint density at radius 1 is 1.50 bits per heavy atom. The van der Waals surface area contributed by atoms with E-state index in [1.54, 1.807) is 0 Å². The molecule has 3 nitrogen and oxygen atoms in total. The second-order valence-electron chi connectivity index (χ2n) is 0.283. The summed E-state index contributed by atoms with van der Waals surface area (Å²) < 4.78 is 8.74. The summed E-state index contributed by atoms with van der Waals surface area (Å²) in [5.74, 6) is 0. The predicted octanol–water partition coefficient (Wildman–Crippen LogP) is -1.77. The smallest absolute Gasteiger partial charge is 1.00 e. The molecule has 0 aliphatic heterocycles. The van der Waals surface area contributed by atoms with E-state index in [1.807, 2.05) is 0 Å². The zero-order valence-electron chi connectivity index (χ0n) is 5.22. The minimum absolute atomic E-state index is 0. The normalized spacial score (nSPS) is 4.00. The van der Waals surface area contributed by atoms with Gasteiger partial charge in [0.2, 0.25) is 0 Å². The number of hydrogen-bond acceptors (Lipinski definition) is 1. The fraction of sp³-hybridized carbons (Fsp3) is 0. The Bertz CT molecular complexity index is 40.3. The summed E-state index contributed by atoms with van der Waals surface area (Å²) in [7, 11) is -3.13. The summed E-state index contributed by atoms with van der Waals surface area (Å²) >= 11 is 0. The summed E-state index contributed by atoms with van der Waals surface area (Å²) in [5.41, 5.74) is 0. The molecule has 0 unspecified atom stereocenters. The van der Waals surface area contributed by atoms with E-state index in [9.17, 15) is 0 Å². The molecule has 0 saturated heterocycles. The Morgan fingerprint density at radius 3 is 1.50 bits per heavy atom. The molecule has 0 fully saturated rings. The Balaban J connectivity index is -0.00000000750. The molecule has 0 aliphatic rings. The van der Waals surface area contributed by atoms with Crippen molar-refractivity contribution in [1.29, 1.82) is 0 Å².